The Balaban J connectivity index is 1.17. The monoisotopic (exact) mass is 672 g/mol. The maximum absolute atomic E-state index is 5.34. The van der Waals surface area contributed by atoms with Crippen molar-refractivity contribution < 1.29 is 0 Å². The summed E-state index contributed by atoms with van der Waals surface area (Å²) in [7, 11) is 0. The molecule has 246 valence electrons. The zero-order valence-electron chi connectivity index (χ0n) is 27.6. The van der Waals surface area contributed by atoms with Crippen LogP contribution in [0.4, 0.5) is 0 Å². The minimum atomic E-state index is 0.801. The minimum absolute atomic E-state index is 0.801. The molecule has 6 aromatic heterocycles. The van der Waals surface area contributed by atoms with E-state index < -0.39 is 0 Å². The van der Waals surface area contributed by atoms with E-state index in [-0.39, 0.29) is 0 Å². The van der Waals surface area contributed by atoms with E-state index in [1.807, 2.05) is 106 Å². The topological polar surface area (TPSA) is 80.1 Å². The van der Waals surface area contributed by atoms with Crippen LogP contribution in [0.5, 0.6) is 0 Å². The van der Waals surface area contributed by atoms with E-state index in [0.29, 0.717) is 0 Å². The zero-order valence-corrected chi connectivity index (χ0v) is 27.6. The zero-order chi connectivity index (χ0) is 34.2. The van der Waals surface area contributed by atoms with Gasteiger partial charge in [-0.2, -0.15) is 19.2 Å². The third-order valence-corrected chi connectivity index (χ3v) is 9.64. The molecule has 0 radical (unpaired) electrons. The highest BCUT2D eigenvalue weighted by atomic mass is 15.4. The minimum Gasteiger partial charge on any atom is -0.276 e. The molecule has 5 aromatic carbocycles. The van der Waals surface area contributed by atoms with Gasteiger partial charge in [0.05, 0.1) is 23.8 Å². The van der Waals surface area contributed by atoms with Gasteiger partial charge in [0, 0.05) is 34.6 Å². The summed E-state index contributed by atoms with van der Waals surface area (Å²) in [4.78, 5) is 10.7. The van der Waals surface area contributed by atoms with Gasteiger partial charge in [0.2, 0.25) is 0 Å². The Hall–Kier alpha value is -7.46. The molecule has 0 fully saturated rings. The van der Waals surface area contributed by atoms with E-state index in [0.717, 1.165) is 79.4 Å². The maximum Gasteiger partial charge on any atom is 0.186 e. The van der Waals surface area contributed by atoms with Crippen LogP contribution in [0.2, 0.25) is 0 Å². The number of hydrogen-bond acceptors (Lipinski definition) is 4. The van der Waals surface area contributed by atoms with Crippen LogP contribution in [-0.4, -0.2) is 47.5 Å². The largest absolute Gasteiger partial charge is 0.276 e. The fraction of sp³-hybridized carbons (Fsp3) is 0. The van der Waals surface area contributed by atoms with Gasteiger partial charge in [0.15, 0.2) is 22.6 Å². The van der Waals surface area contributed by atoms with Gasteiger partial charge in [-0.15, -0.1) is 0 Å². The summed E-state index contributed by atoms with van der Waals surface area (Å²) >= 11 is 0. The molecule has 0 saturated heterocycles. The smallest absolute Gasteiger partial charge is 0.186 e. The Morgan fingerprint density at radius 1 is 0.346 bits per heavy atom. The normalized spacial score (nSPS) is 11.8. The number of nitrogens with zero attached hydrogens (tertiary/aromatic N) is 10. The Bertz CT molecular complexity index is 2840. The van der Waals surface area contributed by atoms with Crippen molar-refractivity contribution in [3.8, 4) is 45.5 Å². The maximum atomic E-state index is 5.34. The van der Waals surface area contributed by atoms with E-state index in [1.165, 1.54) is 0 Å². The van der Waals surface area contributed by atoms with E-state index in [1.54, 1.807) is 0 Å². The number of fused-ring (bicyclic) bond motifs is 6. The van der Waals surface area contributed by atoms with Crippen LogP contribution in [-0.2, 0) is 0 Å². The Morgan fingerprint density at radius 3 is 1.15 bits per heavy atom. The molecule has 11 rings (SSSR count). The molecule has 0 bridgehead atoms. The van der Waals surface area contributed by atoms with Crippen LogP contribution >= 0.6 is 0 Å². The summed E-state index contributed by atoms with van der Waals surface area (Å²) in [6, 6.07) is 53.8. The molecular formula is C42H28N10. The molecule has 11 aromatic rings. The van der Waals surface area contributed by atoms with Gasteiger partial charge in [0.1, 0.15) is 22.9 Å². The van der Waals surface area contributed by atoms with Gasteiger partial charge in [-0.1, -0.05) is 103 Å². The standard InChI is InChI=1S/C42H28N10/c1-5-14-29(15-6-1)37-45-39-41(49(37)31-18-9-3-10-19-31)51-35(24-26-43-51)47(39)33-22-13-23-34(28-33)48-36-25-27-44-52(36)42-40(48)46-38(30-16-7-2-8-17-30)50(42)32-20-11-4-12-21-32/h1-28H. The van der Waals surface area contributed by atoms with Crippen LogP contribution in [0.25, 0.3) is 79.4 Å². The van der Waals surface area contributed by atoms with Crippen LogP contribution in [0.3, 0.4) is 0 Å². The van der Waals surface area contributed by atoms with E-state index in [2.05, 4.69) is 91.1 Å². The van der Waals surface area contributed by atoms with Gasteiger partial charge in [-0.05, 0) is 42.5 Å². The van der Waals surface area contributed by atoms with E-state index in [4.69, 9.17) is 20.2 Å². The van der Waals surface area contributed by atoms with Crippen LogP contribution in [0.15, 0.2) is 170 Å². The lowest BCUT2D eigenvalue weighted by Gasteiger charge is -2.10. The van der Waals surface area contributed by atoms with Gasteiger partial charge >= 0.3 is 0 Å². The fourth-order valence-electron chi connectivity index (χ4n) is 7.44. The lowest BCUT2D eigenvalue weighted by atomic mass is 10.2. The number of rotatable bonds is 6. The average molecular weight is 673 g/mol. The molecular weight excluding hydrogens is 645 g/mol. The first kappa shape index (κ1) is 28.4. The van der Waals surface area contributed by atoms with Crippen LogP contribution in [0, 0.1) is 0 Å². The third-order valence-electron chi connectivity index (χ3n) is 9.64. The van der Waals surface area contributed by atoms with Crippen molar-refractivity contribution in [3.05, 3.63) is 170 Å². The van der Waals surface area contributed by atoms with Crippen molar-refractivity contribution in [2.75, 3.05) is 0 Å². The molecule has 0 aliphatic carbocycles. The Kier molecular flexibility index (Phi) is 6.02. The highest BCUT2D eigenvalue weighted by Crippen LogP contribution is 2.35. The second-order valence-corrected chi connectivity index (χ2v) is 12.6. The SMILES string of the molecule is c1ccc(-c2nc3c(n2-c2ccccc2)n2nccc2n3-c2cccc(-n3c4nc(-c5ccccc5)n(-c5ccccc5)c4n4nccc34)c2)cc1. The molecule has 0 N–H and O–H groups in total. The molecule has 0 aliphatic rings. The van der Waals surface area contributed by atoms with Crippen LogP contribution in [0.1, 0.15) is 0 Å². The molecule has 0 unspecified atom stereocenters. The first-order chi connectivity index (χ1) is 25.8. The summed E-state index contributed by atoms with van der Waals surface area (Å²) in [5.41, 5.74) is 11.1. The number of benzene rings is 5. The summed E-state index contributed by atoms with van der Waals surface area (Å²) in [6.07, 6.45) is 3.68. The number of hydrogen-bond donors (Lipinski definition) is 0. The summed E-state index contributed by atoms with van der Waals surface area (Å²) < 4.78 is 12.7. The number of para-hydroxylation sites is 2. The molecule has 0 amide bonds. The molecule has 0 atom stereocenters. The summed E-state index contributed by atoms with van der Waals surface area (Å²) in [5, 5.41) is 9.62. The van der Waals surface area contributed by atoms with Crippen molar-refractivity contribution in [3.63, 3.8) is 0 Å². The molecule has 0 aliphatic heterocycles. The Labute approximate surface area is 296 Å². The second kappa shape index (κ2) is 11.0. The van der Waals surface area contributed by atoms with Crippen molar-refractivity contribution in [2.45, 2.75) is 0 Å². The van der Waals surface area contributed by atoms with Crippen LogP contribution < -0.4 is 0 Å². The molecule has 10 heteroatoms. The first-order valence-electron chi connectivity index (χ1n) is 17.1. The predicted octanol–water partition coefficient (Wildman–Crippen LogP) is 8.58. The molecule has 52 heavy (non-hydrogen) atoms. The van der Waals surface area contributed by atoms with Crippen molar-refractivity contribution >= 4 is 33.9 Å². The number of aromatic nitrogens is 10. The van der Waals surface area contributed by atoms with E-state index in [9.17, 15) is 0 Å². The predicted molar refractivity (Wildman–Crippen MR) is 203 cm³/mol. The first-order valence-corrected chi connectivity index (χ1v) is 17.1. The van der Waals surface area contributed by atoms with Gasteiger partial charge in [-0.3, -0.25) is 18.3 Å². The summed E-state index contributed by atoms with van der Waals surface area (Å²) in [6.45, 7) is 0. The van der Waals surface area contributed by atoms with E-state index >= 15 is 0 Å². The van der Waals surface area contributed by atoms with Gasteiger partial charge in [-0.25, -0.2) is 9.97 Å². The van der Waals surface area contributed by atoms with Crippen molar-refractivity contribution in [1.29, 1.82) is 0 Å². The lowest BCUT2D eigenvalue weighted by molar-refractivity contribution is 0.939. The van der Waals surface area contributed by atoms with Gasteiger partial charge < -0.3 is 0 Å². The molecule has 0 saturated carbocycles. The second-order valence-electron chi connectivity index (χ2n) is 12.6. The molecule has 10 nitrogen and oxygen atoms in total. The van der Waals surface area contributed by atoms with Crippen molar-refractivity contribution in [2.24, 2.45) is 0 Å². The molecule has 0 spiro atoms. The highest BCUT2D eigenvalue weighted by Gasteiger charge is 2.26. The lowest BCUT2D eigenvalue weighted by Crippen LogP contribution is -2.02. The average Bonchev–Trinajstić information content (AvgIpc) is 4.05. The highest BCUT2D eigenvalue weighted by molar-refractivity contribution is 5.87. The fourth-order valence-corrected chi connectivity index (χ4v) is 7.44. The summed E-state index contributed by atoms with van der Waals surface area (Å²) in [5.74, 6) is 1.68. The van der Waals surface area contributed by atoms with Crippen molar-refractivity contribution in [1.82, 2.24) is 47.5 Å². The quantitative estimate of drug-likeness (QED) is 0.177. The van der Waals surface area contributed by atoms with Gasteiger partial charge in [0.25, 0.3) is 0 Å². The molecule has 6 heterocycles. The number of imidazole rings is 4. The Morgan fingerprint density at radius 2 is 0.731 bits per heavy atom. The third kappa shape index (κ3) is 4.06.